The van der Waals surface area contributed by atoms with Gasteiger partial charge < -0.3 is 4.90 Å². The summed E-state index contributed by atoms with van der Waals surface area (Å²) in [6.45, 7) is 13.2. The first-order chi connectivity index (χ1) is 5.61. The summed E-state index contributed by atoms with van der Waals surface area (Å²) in [5.41, 5.74) is 1.24. The topological polar surface area (TPSA) is 3.24 Å². The van der Waals surface area contributed by atoms with E-state index in [0.29, 0.717) is 0 Å². The Bertz CT molecular complexity index is 160. The summed E-state index contributed by atoms with van der Waals surface area (Å²) in [6, 6.07) is 0. The van der Waals surface area contributed by atoms with E-state index in [1.54, 1.807) is 0 Å². The predicted octanol–water partition coefficient (Wildman–Crippen LogP) is 2.89. The van der Waals surface area contributed by atoms with Gasteiger partial charge in [0.2, 0.25) is 0 Å². The van der Waals surface area contributed by atoms with Gasteiger partial charge in [0.05, 0.1) is 0 Å². The van der Waals surface area contributed by atoms with Gasteiger partial charge in [0.25, 0.3) is 0 Å². The van der Waals surface area contributed by atoms with Crippen LogP contribution in [0.25, 0.3) is 0 Å². The summed E-state index contributed by atoms with van der Waals surface area (Å²) < 4.78 is 0. The maximum absolute atomic E-state index is 4.00. The molecule has 12 heavy (non-hydrogen) atoms. The normalized spacial score (nSPS) is 24.7. The lowest BCUT2D eigenvalue weighted by Crippen LogP contribution is -2.35. The van der Waals surface area contributed by atoms with Crippen LogP contribution in [-0.2, 0) is 0 Å². The van der Waals surface area contributed by atoms with E-state index in [1.165, 1.54) is 31.6 Å². The number of rotatable bonds is 2. The van der Waals surface area contributed by atoms with Crippen molar-refractivity contribution >= 4 is 0 Å². The van der Waals surface area contributed by atoms with E-state index < -0.39 is 0 Å². The molecule has 0 aromatic rings. The van der Waals surface area contributed by atoms with Crippen LogP contribution in [0.2, 0.25) is 0 Å². The molecule has 0 spiro atoms. The van der Waals surface area contributed by atoms with Crippen LogP contribution < -0.4 is 0 Å². The zero-order chi connectivity index (χ0) is 9.14. The molecule has 0 saturated carbocycles. The average molecular weight is 167 g/mol. The van der Waals surface area contributed by atoms with Gasteiger partial charge in [-0.25, -0.2) is 0 Å². The standard InChI is InChI=1S/C11H21N/c1-9(2)11-6-5-7-12(8-11)10(3)4/h9,11H,3,5-8H2,1-2,4H3. The Hall–Kier alpha value is -0.460. The molecular formula is C11H21N. The van der Waals surface area contributed by atoms with Crippen molar-refractivity contribution in [3.05, 3.63) is 12.3 Å². The van der Waals surface area contributed by atoms with Gasteiger partial charge in [-0.3, -0.25) is 0 Å². The molecule has 1 nitrogen and oxygen atoms in total. The van der Waals surface area contributed by atoms with E-state index in [-0.39, 0.29) is 0 Å². The van der Waals surface area contributed by atoms with E-state index in [9.17, 15) is 0 Å². The molecule has 0 radical (unpaired) electrons. The summed E-state index contributed by atoms with van der Waals surface area (Å²) >= 11 is 0. The second kappa shape index (κ2) is 3.97. The lowest BCUT2D eigenvalue weighted by molar-refractivity contribution is 0.180. The van der Waals surface area contributed by atoms with Gasteiger partial charge >= 0.3 is 0 Å². The molecule has 1 atom stereocenters. The SMILES string of the molecule is C=C(C)N1CCCC(C(C)C)C1. The summed E-state index contributed by atoms with van der Waals surface area (Å²) in [5, 5.41) is 0. The molecule has 1 aliphatic heterocycles. The Morgan fingerprint density at radius 1 is 1.50 bits per heavy atom. The molecular weight excluding hydrogens is 146 g/mol. The van der Waals surface area contributed by atoms with E-state index in [2.05, 4.69) is 32.3 Å². The minimum absolute atomic E-state index is 0.826. The fourth-order valence-electron chi connectivity index (χ4n) is 1.90. The lowest BCUT2D eigenvalue weighted by atomic mass is 9.88. The Morgan fingerprint density at radius 2 is 2.17 bits per heavy atom. The fraction of sp³-hybridized carbons (Fsp3) is 0.818. The third kappa shape index (κ3) is 2.26. The maximum Gasteiger partial charge on any atom is 0.0205 e. The van der Waals surface area contributed by atoms with Crippen LogP contribution in [0.15, 0.2) is 12.3 Å². The molecule has 0 amide bonds. The van der Waals surface area contributed by atoms with Crippen molar-refractivity contribution in [3.8, 4) is 0 Å². The molecule has 1 heterocycles. The third-order valence-electron chi connectivity index (χ3n) is 2.94. The first kappa shape index (κ1) is 9.63. The summed E-state index contributed by atoms with van der Waals surface area (Å²) in [5.74, 6) is 1.71. The number of nitrogens with zero attached hydrogens (tertiary/aromatic N) is 1. The molecule has 0 N–H and O–H groups in total. The molecule has 0 aliphatic carbocycles. The van der Waals surface area contributed by atoms with Gasteiger partial charge in [0.1, 0.15) is 0 Å². The molecule has 1 saturated heterocycles. The highest BCUT2D eigenvalue weighted by Gasteiger charge is 2.21. The van der Waals surface area contributed by atoms with Gasteiger partial charge in [-0.15, -0.1) is 0 Å². The minimum Gasteiger partial charge on any atom is -0.375 e. The second-order valence-electron chi connectivity index (χ2n) is 4.33. The van der Waals surface area contributed by atoms with Crippen molar-refractivity contribution in [2.24, 2.45) is 11.8 Å². The summed E-state index contributed by atoms with van der Waals surface area (Å²) in [7, 11) is 0. The quantitative estimate of drug-likeness (QED) is 0.611. The van der Waals surface area contributed by atoms with Crippen molar-refractivity contribution in [2.45, 2.75) is 33.6 Å². The Balaban J connectivity index is 2.46. The predicted molar refractivity (Wildman–Crippen MR) is 53.9 cm³/mol. The number of hydrogen-bond acceptors (Lipinski definition) is 1. The van der Waals surface area contributed by atoms with Crippen molar-refractivity contribution in [2.75, 3.05) is 13.1 Å². The number of allylic oxidation sites excluding steroid dienone is 1. The van der Waals surface area contributed by atoms with E-state index >= 15 is 0 Å². The van der Waals surface area contributed by atoms with Gasteiger partial charge in [-0.05, 0) is 31.6 Å². The smallest absolute Gasteiger partial charge is 0.0205 e. The molecule has 1 heteroatoms. The van der Waals surface area contributed by atoms with Crippen LogP contribution in [0.4, 0.5) is 0 Å². The summed E-state index contributed by atoms with van der Waals surface area (Å²) in [4.78, 5) is 2.42. The maximum atomic E-state index is 4.00. The zero-order valence-electron chi connectivity index (χ0n) is 8.64. The van der Waals surface area contributed by atoms with Gasteiger partial charge in [0, 0.05) is 18.8 Å². The monoisotopic (exact) mass is 167 g/mol. The zero-order valence-corrected chi connectivity index (χ0v) is 8.64. The van der Waals surface area contributed by atoms with Crippen LogP contribution in [0, 0.1) is 11.8 Å². The van der Waals surface area contributed by atoms with Crippen LogP contribution in [0.5, 0.6) is 0 Å². The van der Waals surface area contributed by atoms with Crippen molar-refractivity contribution in [3.63, 3.8) is 0 Å². The van der Waals surface area contributed by atoms with Gasteiger partial charge in [-0.2, -0.15) is 0 Å². The van der Waals surface area contributed by atoms with Crippen LogP contribution in [0.3, 0.4) is 0 Å². The Kier molecular flexibility index (Phi) is 3.19. The molecule has 70 valence electrons. The van der Waals surface area contributed by atoms with E-state index in [4.69, 9.17) is 0 Å². The van der Waals surface area contributed by atoms with Gasteiger partial charge in [-0.1, -0.05) is 20.4 Å². The van der Waals surface area contributed by atoms with Crippen molar-refractivity contribution in [1.29, 1.82) is 0 Å². The Morgan fingerprint density at radius 3 is 2.67 bits per heavy atom. The van der Waals surface area contributed by atoms with Crippen LogP contribution in [-0.4, -0.2) is 18.0 Å². The minimum atomic E-state index is 0.826. The molecule has 1 rings (SSSR count). The van der Waals surface area contributed by atoms with Crippen LogP contribution >= 0.6 is 0 Å². The largest absolute Gasteiger partial charge is 0.375 e. The highest BCUT2D eigenvalue weighted by atomic mass is 15.1. The molecule has 0 aromatic carbocycles. The Labute approximate surface area is 76.5 Å². The first-order valence-electron chi connectivity index (χ1n) is 5.01. The first-order valence-corrected chi connectivity index (χ1v) is 5.01. The number of hydrogen-bond donors (Lipinski definition) is 0. The molecule has 0 aromatic heterocycles. The lowest BCUT2D eigenvalue weighted by Gasteiger charge is -2.36. The molecule has 1 aliphatic rings. The number of piperidine rings is 1. The fourth-order valence-corrected chi connectivity index (χ4v) is 1.90. The summed E-state index contributed by atoms with van der Waals surface area (Å²) in [6.07, 6.45) is 2.75. The molecule has 1 fully saturated rings. The van der Waals surface area contributed by atoms with Crippen molar-refractivity contribution in [1.82, 2.24) is 4.90 Å². The average Bonchev–Trinajstić information content (AvgIpc) is 2.04. The van der Waals surface area contributed by atoms with E-state index in [1.807, 2.05) is 0 Å². The molecule has 0 bridgehead atoms. The van der Waals surface area contributed by atoms with Gasteiger partial charge in [0.15, 0.2) is 0 Å². The second-order valence-corrected chi connectivity index (χ2v) is 4.33. The highest BCUT2D eigenvalue weighted by molar-refractivity contribution is 4.92. The van der Waals surface area contributed by atoms with Crippen LogP contribution in [0.1, 0.15) is 33.6 Å². The molecule has 1 unspecified atom stereocenters. The highest BCUT2D eigenvalue weighted by Crippen LogP contribution is 2.24. The van der Waals surface area contributed by atoms with Crippen molar-refractivity contribution < 1.29 is 0 Å². The third-order valence-corrected chi connectivity index (χ3v) is 2.94. The van der Waals surface area contributed by atoms with E-state index in [0.717, 1.165) is 11.8 Å². The number of likely N-dealkylation sites (tertiary alicyclic amines) is 1.